The SMILES string of the molecule is O=C(O)COCCOCCOCCNC(=O)CCCCCN1C(=O)C=CC1=O. The minimum atomic E-state index is -1.02. The number of carboxylic acid groups (broad SMARTS) is 1. The Morgan fingerprint density at radius 2 is 1.50 bits per heavy atom. The molecular formula is C18H28N2O8. The van der Waals surface area contributed by atoms with Crippen LogP contribution < -0.4 is 5.32 Å². The molecule has 0 aromatic rings. The van der Waals surface area contributed by atoms with Gasteiger partial charge in [0.1, 0.15) is 6.61 Å². The zero-order chi connectivity index (χ0) is 20.6. The van der Waals surface area contributed by atoms with Gasteiger partial charge in [-0.05, 0) is 12.8 Å². The van der Waals surface area contributed by atoms with Crippen LogP contribution in [0.5, 0.6) is 0 Å². The first-order valence-corrected chi connectivity index (χ1v) is 9.26. The van der Waals surface area contributed by atoms with Gasteiger partial charge < -0.3 is 24.6 Å². The zero-order valence-corrected chi connectivity index (χ0v) is 15.9. The number of amides is 3. The molecule has 0 radical (unpaired) electrons. The summed E-state index contributed by atoms with van der Waals surface area (Å²) < 4.78 is 15.3. The van der Waals surface area contributed by atoms with Crippen LogP contribution in [0, 0.1) is 0 Å². The van der Waals surface area contributed by atoms with Gasteiger partial charge in [0.05, 0.1) is 33.0 Å². The second kappa shape index (κ2) is 14.7. The molecule has 0 fully saturated rings. The van der Waals surface area contributed by atoms with E-state index in [0.717, 1.165) is 6.42 Å². The van der Waals surface area contributed by atoms with Crippen LogP contribution in [0.4, 0.5) is 0 Å². The van der Waals surface area contributed by atoms with E-state index in [9.17, 15) is 19.2 Å². The average Bonchev–Trinajstić information content (AvgIpc) is 2.97. The van der Waals surface area contributed by atoms with Gasteiger partial charge in [0.15, 0.2) is 0 Å². The van der Waals surface area contributed by atoms with Crippen molar-refractivity contribution >= 4 is 23.7 Å². The summed E-state index contributed by atoms with van der Waals surface area (Å²) in [4.78, 5) is 45.8. The molecule has 0 aromatic heterocycles. The molecule has 1 rings (SSSR count). The van der Waals surface area contributed by atoms with E-state index >= 15 is 0 Å². The summed E-state index contributed by atoms with van der Waals surface area (Å²) in [6, 6.07) is 0. The number of carboxylic acids is 1. The Morgan fingerprint density at radius 1 is 0.893 bits per heavy atom. The van der Waals surface area contributed by atoms with E-state index < -0.39 is 5.97 Å². The smallest absolute Gasteiger partial charge is 0.329 e. The maximum Gasteiger partial charge on any atom is 0.329 e. The number of carbonyl (C=O) groups excluding carboxylic acids is 3. The quantitative estimate of drug-likeness (QED) is 0.252. The molecule has 0 atom stereocenters. The highest BCUT2D eigenvalue weighted by Gasteiger charge is 2.22. The zero-order valence-electron chi connectivity index (χ0n) is 15.9. The Balaban J connectivity index is 1.82. The molecule has 2 N–H and O–H groups in total. The van der Waals surface area contributed by atoms with Crippen molar-refractivity contribution in [3.05, 3.63) is 12.2 Å². The number of nitrogens with zero attached hydrogens (tertiary/aromatic N) is 1. The molecule has 10 nitrogen and oxygen atoms in total. The standard InChI is InChI=1S/C18H28N2O8/c21-15(4-2-1-3-8-20-16(22)5-6-17(20)23)19-7-9-26-10-11-27-12-13-28-14-18(24)25/h5-6H,1-4,7-14H2,(H,19,21)(H,24,25). The third-order valence-electron chi connectivity index (χ3n) is 3.72. The van der Waals surface area contributed by atoms with Crippen LogP contribution in [-0.4, -0.2) is 86.4 Å². The highest BCUT2D eigenvalue weighted by atomic mass is 16.5. The minimum absolute atomic E-state index is 0.0644. The molecule has 1 aliphatic heterocycles. The van der Waals surface area contributed by atoms with Crippen molar-refractivity contribution < 1.29 is 38.5 Å². The maximum absolute atomic E-state index is 11.7. The number of rotatable bonds is 17. The third kappa shape index (κ3) is 11.4. The number of imide groups is 1. The Hall–Kier alpha value is -2.30. The predicted molar refractivity (Wildman–Crippen MR) is 97.4 cm³/mol. The van der Waals surface area contributed by atoms with Crippen LogP contribution in [0.1, 0.15) is 25.7 Å². The Kier molecular flexibility index (Phi) is 12.5. The average molecular weight is 400 g/mol. The van der Waals surface area contributed by atoms with E-state index in [1.807, 2.05) is 0 Å². The first kappa shape index (κ1) is 23.7. The summed E-state index contributed by atoms with van der Waals surface area (Å²) in [7, 11) is 0. The molecule has 10 heteroatoms. The fourth-order valence-corrected chi connectivity index (χ4v) is 2.33. The summed E-state index contributed by atoms with van der Waals surface area (Å²) in [5.74, 6) is -1.64. The lowest BCUT2D eigenvalue weighted by Gasteiger charge is -2.13. The Morgan fingerprint density at radius 3 is 2.14 bits per heavy atom. The summed E-state index contributed by atoms with van der Waals surface area (Å²) >= 11 is 0. The van der Waals surface area contributed by atoms with Crippen molar-refractivity contribution in [2.75, 3.05) is 52.7 Å². The van der Waals surface area contributed by atoms with Gasteiger partial charge in [-0.2, -0.15) is 0 Å². The van der Waals surface area contributed by atoms with Crippen LogP contribution in [-0.2, 0) is 33.4 Å². The molecule has 0 spiro atoms. The van der Waals surface area contributed by atoms with Gasteiger partial charge >= 0.3 is 5.97 Å². The molecule has 0 saturated carbocycles. The van der Waals surface area contributed by atoms with Crippen LogP contribution in [0.2, 0.25) is 0 Å². The number of ether oxygens (including phenoxy) is 3. The fraction of sp³-hybridized carbons (Fsp3) is 0.667. The van der Waals surface area contributed by atoms with E-state index in [0.29, 0.717) is 58.8 Å². The molecule has 0 aliphatic carbocycles. The first-order valence-electron chi connectivity index (χ1n) is 9.26. The number of hydrogen-bond acceptors (Lipinski definition) is 7. The maximum atomic E-state index is 11.7. The Labute approximate surface area is 163 Å². The number of hydrogen-bond donors (Lipinski definition) is 2. The van der Waals surface area contributed by atoms with E-state index in [1.165, 1.54) is 17.1 Å². The molecule has 28 heavy (non-hydrogen) atoms. The normalized spacial score (nSPS) is 13.4. The molecule has 0 unspecified atom stereocenters. The molecule has 0 aromatic carbocycles. The van der Waals surface area contributed by atoms with E-state index in [2.05, 4.69) is 5.32 Å². The number of unbranched alkanes of at least 4 members (excludes halogenated alkanes) is 2. The summed E-state index contributed by atoms with van der Waals surface area (Å²) in [6.07, 6.45) is 5.04. The monoisotopic (exact) mass is 400 g/mol. The minimum Gasteiger partial charge on any atom is -0.480 e. The lowest BCUT2D eigenvalue weighted by Crippen LogP contribution is -2.31. The number of aliphatic carboxylic acids is 1. The third-order valence-corrected chi connectivity index (χ3v) is 3.72. The number of carbonyl (C=O) groups is 4. The lowest BCUT2D eigenvalue weighted by atomic mass is 10.2. The van der Waals surface area contributed by atoms with Gasteiger partial charge in [0.25, 0.3) is 11.8 Å². The second-order valence-electron chi connectivity index (χ2n) is 5.99. The van der Waals surface area contributed by atoms with Crippen LogP contribution in [0.15, 0.2) is 12.2 Å². The summed E-state index contributed by atoms with van der Waals surface area (Å²) in [6.45, 7) is 2.07. The van der Waals surface area contributed by atoms with Gasteiger partial charge in [-0.15, -0.1) is 0 Å². The summed E-state index contributed by atoms with van der Waals surface area (Å²) in [5.41, 5.74) is 0. The van der Waals surface area contributed by atoms with Crippen LogP contribution in [0.25, 0.3) is 0 Å². The van der Waals surface area contributed by atoms with Crippen molar-refractivity contribution in [1.29, 1.82) is 0 Å². The molecule has 0 bridgehead atoms. The van der Waals surface area contributed by atoms with E-state index in [-0.39, 0.29) is 30.9 Å². The van der Waals surface area contributed by atoms with Crippen molar-refractivity contribution in [2.45, 2.75) is 25.7 Å². The molecule has 158 valence electrons. The van der Waals surface area contributed by atoms with E-state index in [4.69, 9.17) is 19.3 Å². The molecule has 3 amide bonds. The summed E-state index contributed by atoms with van der Waals surface area (Å²) in [5, 5.41) is 11.1. The molecule has 1 heterocycles. The predicted octanol–water partition coefficient (Wildman–Crippen LogP) is -0.278. The fourth-order valence-electron chi connectivity index (χ4n) is 2.33. The second-order valence-corrected chi connectivity index (χ2v) is 5.99. The molecule has 0 saturated heterocycles. The van der Waals surface area contributed by atoms with Gasteiger partial charge in [-0.3, -0.25) is 19.3 Å². The molecular weight excluding hydrogens is 372 g/mol. The van der Waals surface area contributed by atoms with Gasteiger partial charge in [-0.1, -0.05) is 6.42 Å². The largest absolute Gasteiger partial charge is 0.480 e. The van der Waals surface area contributed by atoms with E-state index in [1.54, 1.807) is 0 Å². The lowest BCUT2D eigenvalue weighted by molar-refractivity contribution is -0.143. The van der Waals surface area contributed by atoms with Crippen molar-refractivity contribution in [2.24, 2.45) is 0 Å². The van der Waals surface area contributed by atoms with Crippen molar-refractivity contribution in [1.82, 2.24) is 10.2 Å². The highest BCUT2D eigenvalue weighted by Crippen LogP contribution is 2.07. The van der Waals surface area contributed by atoms with Crippen LogP contribution in [0.3, 0.4) is 0 Å². The van der Waals surface area contributed by atoms with Crippen molar-refractivity contribution in [3.8, 4) is 0 Å². The van der Waals surface area contributed by atoms with Crippen molar-refractivity contribution in [3.63, 3.8) is 0 Å². The molecule has 1 aliphatic rings. The van der Waals surface area contributed by atoms with Crippen LogP contribution >= 0.6 is 0 Å². The number of nitrogens with one attached hydrogen (secondary N) is 1. The Bertz CT molecular complexity index is 532. The van der Waals surface area contributed by atoms with Gasteiger partial charge in [-0.25, -0.2) is 4.79 Å². The van der Waals surface area contributed by atoms with Gasteiger partial charge in [0.2, 0.25) is 5.91 Å². The topological polar surface area (TPSA) is 131 Å². The first-order chi connectivity index (χ1) is 13.5. The van der Waals surface area contributed by atoms with Gasteiger partial charge in [0, 0.05) is 31.7 Å². The highest BCUT2D eigenvalue weighted by molar-refractivity contribution is 6.12.